The zero-order chi connectivity index (χ0) is 27.3. The second-order valence-electron chi connectivity index (χ2n) is 10.9. The first-order chi connectivity index (χ1) is 19.7. The average molecular weight is 534 g/mol. The highest BCUT2D eigenvalue weighted by molar-refractivity contribution is 5.97. The minimum absolute atomic E-state index is 0.0719. The van der Waals surface area contributed by atoms with E-state index in [-0.39, 0.29) is 11.7 Å². The molecule has 1 fully saturated rings. The molecule has 0 unspecified atom stereocenters. The summed E-state index contributed by atoms with van der Waals surface area (Å²) >= 11 is 0. The van der Waals surface area contributed by atoms with Gasteiger partial charge in [-0.25, -0.2) is 4.39 Å². The van der Waals surface area contributed by atoms with E-state index in [0.29, 0.717) is 36.6 Å². The molecule has 0 bridgehead atoms. The van der Waals surface area contributed by atoms with Crippen molar-refractivity contribution in [2.45, 2.75) is 25.3 Å². The molecular formula is C35H36FN3O. The van der Waals surface area contributed by atoms with Crippen LogP contribution in [0.3, 0.4) is 0 Å². The van der Waals surface area contributed by atoms with Crippen LogP contribution in [0.25, 0.3) is 0 Å². The van der Waals surface area contributed by atoms with Crippen molar-refractivity contribution in [3.63, 3.8) is 0 Å². The molecule has 2 heterocycles. The minimum atomic E-state index is -0.254. The van der Waals surface area contributed by atoms with Gasteiger partial charge in [0, 0.05) is 62.0 Å². The third-order valence-corrected chi connectivity index (χ3v) is 8.42. The summed E-state index contributed by atoms with van der Waals surface area (Å²) in [6, 6.07) is 35.1. The van der Waals surface area contributed by atoms with Gasteiger partial charge in [0.1, 0.15) is 5.82 Å². The van der Waals surface area contributed by atoms with E-state index in [9.17, 15) is 4.79 Å². The van der Waals surface area contributed by atoms with Crippen LogP contribution in [0, 0.1) is 5.82 Å². The average Bonchev–Trinajstić information content (AvgIpc) is 3.01. The van der Waals surface area contributed by atoms with Crippen molar-refractivity contribution in [2.24, 2.45) is 0 Å². The van der Waals surface area contributed by atoms with Crippen LogP contribution >= 0.6 is 0 Å². The van der Waals surface area contributed by atoms with Crippen molar-refractivity contribution in [2.75, 3.05) is 44.2 Å². The Bertz CT molecular complexity index is 1380. The SMILES string of the molecule is O=C1c2cc(N3CCN(CCC(c4ccccc4)c4ccccc4)CC3)cc(F)c2CCN1Cc1ccccc1. The predicted octanol–water partition coefficient (Wildman–Crippen LogP) is 6.37. The van der Waals surface area contributed by atoms with Crippen molar-refractivity contribution in [1.82, 2.24) is 9.80 Å². The summed E-state index contributed by atoms with van der Waals surface area (Å²) in [7, 11) is 0. The molecular weight excluding hydrogens is 497 g/mol. The maximum atomic E-state index is 15.2. The van der Waals surface area contributed by atoms with Gasteiger partial charge in [0.25, 0.3) is 5.91 Å². The van der Waals surface area contributed by atoms with E-state index in [2.05, 4.69) is 70.5 Å². The summed E-state index contributed by atoms with van der Waals surface area (Å²) in [5.74, 6) is 0.0357. The van der Waals surface area contributed by atoms with Crippen LogP contribution in [0.15, 0.2) is 103 Å². The predicted molar refractivity (Wildman–Crippen MR) is 159 cm³/mol. The second-order valence-corrected chi connectivity index (χ2v) is 10.9. The van der Waals surface area contributed by atoms with Gasteiger partial charge in [-0.15, -0.1) is 0 Å². The lowest BCUT2D eigenvalue weighted by atomic mass is 9.88. The molecule has 0 saturated carbocycles. The van der Waals surface area contributed by atoms with Crippen molar-refractivity contribution >= 4 is 11.6 Å². The van der Waals surface area contributed by atoms with Crippen molar-refractivity contribution in [3.05, 3.63) is 137 Å². The third kappa shape index (κ3) is 5.80. The summed E-state index contributed by atoms with van der Waals surface area (Å²) in [5, 5.41) is 0. The van der Waals surface area contributed by atoms with E-state index in [4.69, 9.17) is 0 Å². The van der Waals surface area contributed by atoms with Crippen LogP contribution < -0.4 is 4.90 Å². The van der Waals surface area contributed by atoms with Crippen LogP contribution in [0.4, 0.5) is 10.1 Å². The quantitative estimate of drug-likeness (QED) is 0.263. The normalized spacial score (nSPS) is 15.9. The zero-order valence-electron chi connectivity index (χ0n) is 22.9. The Kier molecular flexibility index (Phi) is 7.92. The number of anilines is 1. The largest absolute Gasteiger partial charge is 0.369 e. The molecule has 0 N–H and O–H groups in total. The van der Waals surface area contributed by atoms with E-state index >= 15 is 4.39 Å². The fourth-order valence-corrected chi connectivity index (χ4v) is 6.16. The fourth-order valence-electron chi connectivity index (χ4n) is 6.16. The van der Waals surface area contributed by atoms with Gasteiger partial charge in [0.15, 0.2) is 0 Å². The van der Waals surface area contributed by atoms with E-state index < -0.39 is 0 Å². The Morgan fingerprint density at radius 3 is 1.95 bits per heavy atom. The van der Waals surface area contributed by atoms with Crippen molar-refractivity contribution in [3.8, 4) is 0 Å². The van der Waals surface area contributed by atoms with E-state index in [1.165, 1.54) is 11.1 Å². The number of piperazine rings is 1. The molecule has 1 saturated heterocycles. The van der Waals surface area contributed by atoms with Crippen molar-refractivity contribution < 1.29 is 9.18 Å². The lowest BCUT2D eigenvalue weighted by Gasteiger charge is -2.37. The van der Waals surface area contributed by atoms with Gasteiger partial charge in [-0.3, -0.25) is 9.69 Å². The van der Waals surface area contributed by atoms with Gasteiger partial charge in [0.2, 0.25) is 0 Å². The van der Waals surface area contributed by atoms with Gasteiger partial charge < -0.3 is 9.80 Å². The molecule has 0 aromatic heterocycles. The minimum Gasteiger partial charge on any atom is -0.369 e. The number of hydrogen-bond acceptors (Lipinski definition) is 3. The third-order valence-electron chi connectivity index (χ3n) is 8.42. The molecule has 6 rings (SSSR count). The number of carbonyl (C=O) groups is 1. The number of rotatable bonds is 8. The van der Waals surface area contributed by atoms with Gasteiger partial charge in [-0.1, -0.05) is 91.0 Å². The molecule has 4 aromatic carbocycles. The van der Waals surface area contributed by atoms with Crippen LogP contribution in [0.2, 0.25) is 0 Å². The molecule has 4 nitrogen and oxygen atoms in total. The first-order valence-corrected chi connectivity index (χ1v) is 14.4. The highest BCUT2D eigenvalue weighted by atomic mass is 19.1. The number of hydrogen-bond donors (Lipinski definition) is 0. The van der Waals surface area contributed by atoms with Crippen LogP contribution in [0.1, 0.15) is 45.0 Å². The maximum Gasteiger partial charge on any atom is 0.254 e. The molecule has 0 spiro atoms. The highest BCUT2D eigenvalue weighted by Crippen LogP contribution is 2.31. The number of benzene rings is 4. The van der Waals surface area contributed by atoms with Crippen LogP contribution in [-0.4, -0.2) is 55.0 Å². The van der Waals surface area contributed by atoms with Crippen LogP contribution in [-0.2, 0) is 13.0 Å². The molecule has 2 aliphatic heterocycles. The zero-order valence-corrected chi connectivity index (χ0v) is 22.9. The molecule has 4 aromatic rings. The molecule has 204 valence electrons. The first kappa shape index (κ1) is 26.3. The second kappa shape index (κ2) is 12.1. The summed E-state index contributed by atoms with van der Waals surface area (Å²) in [6.07, 6.45) is 1.60. The van der Waals surface area contributed by atoms with Crippen molar-refractivity contribution in [1.29, 1.82) is 0 Å². The lowest BCUT2D eigenvalue weighted by Crippen LogP contribution is -2.47. The molecule has 40 heavy (non-hydrogen) atoms. The monoisotopic (exact) mass is 533 g/mol. The molecule has 0 atom stereocenters. The Labute approximate surface area is 236 Å². The first-order valence-electron chi connectivity index (χ1n) is 14.4. The van der Waals surface area contributed by atoms with Gasteiger partial charge in [-0.2, -0.15) is 0 Å². The summed E-state index contributed by atoms with van der Waals surface area (Å²) in [6.45, 7) is 5.59. The molecule has 5 heteroatoms. The molecule has 1 amide bonds. The number of amides is 1. The molecule has 2 aliphatic rings. The van der Waals surface area contributed by atoms with E-state index in [1.807, 2.05) is 41.3 Å². The number of carbonyl (C=O) groups excluding carboxylic acids is 1. The summed E-state index contributed by atoms with van der Waals surface area (Å²) in [5.41, 5.74) is 5.69. The Hall–Kier alpha value is -3.96. The Morgan fingerprint density at radius 1 is 0.725 bits per heavy atom. The van der Waals surface area contributed by atoms with E-state index in [1.54, 1.807) is 6.07 Å². The van der Waals surface area contributed by atoms with Gasteiger partial charge in [-0.05, 0) is 48.2 Å². The Morgan fingerprint density at radius 2 is 1.32 bits per heavy atom. The van der Waals surface area contributed by atoms with E-state index in [0.717, 1.165) is 50.4 Å². The number of nitrogens with zero attached hydrogens (tertiary/aromatic N) is 3. The summed E-state index contributed by atoms with van der Waals surface area (Å²) in [4.78, 5) is 20.0. The fraction of sp³-hybridized carbons (Fsp3) is 0.286. The maximum absolute atomic E-state index is 15.2. The molecule has 0 aliphatic carbocycles. The van der Waals surface area contributed by atoms with Gasteiger partial charge in [0.05, 0.1) is 0 Å². The standard InChI is InChI=1S/C35H36FN3O/c36-34-25-30(24-33-32(34)17-19-39(35(33)40)26-27-10-4-1-5-11-27)38-22-20-37(21-23-38)18-16-31(28-12-6-2-7-13-28)29-14-8-3-9-15-29/h1-15,24-25,31H,16-23,26H2. The molecule has 0 radical (unpaired) electrons. The van der Waals surface area contributed by atoms with Gasteiger partial charge >= 0.3 is 0 Å². The topological polar surface area (TPSA) is 26.8 Å². The number of fused-ring (bicyclic) bond motifs is 1. The summed E-state index contributed by atoms with van der Waals surface area (Å²) < 4.78 is 15.2. The lowest BCUT2D eigenvalue weighted by molar-refractivity contribution is 0.0725. The Balaban J connectivity index is 1.10. The van der Waals surface area contributed by atoms with Crippen LogP contribution in [0.5, 0.6) is 0 Å². The smallest absolute Gasteiger partial charge is 0.254 e. The number of halogens is 1. The highest BCUT2D eigenvalue weighted by Gasteiger charge is 2.29.